The molecule has 2 aliphatic heterocycles. The van der Waals surface area contributed by atoms with Crippen LogP contribution in [0.1, 0.15) is 60.7 Å². The number of carbonyl (C=O) groups is 4. The molecule has 2 aliphatic rings. The van der Waals surface area contributed by atoms with Gasteiger partial charge in [-0.05, 0) is 42.9 Å². The number of nitrogens with zero attached hydrogens (tertiary/aromatic N) is 4. The normalized spacial score (nSPS) is 18.2. The van der Waals surface area contributed by atoms with Crippen LogP contribution in [-0.4, -0.2) is 92.1 Å². The average molecular weight is 617 g/mol. The van der Waals surface area contributed by atoms with Crippen LogP contribution < -0.4 is 10.6 Å². The van der Waals surface area contributed by atoms with Gasteiger partial charge in [-0.25, -0.2) is 19.6 Å². The molecule has 0 saturated carbocycles. The SMILES string of the molecule is COC(=O)NCC(=O)N1CCCC1c1ncc(-c2ccc(C=CC=Cc3cnc(C4CCCN4C(=O)CNC(=O)O)[nH]3)cc2)[nH]1. The lowest BCUT2D eigenvalue weighted by molar-refractivity contribution is -0.132. The number of alkyl carbamates (subject to hydrolysis) is 1. The number of rotatable bonds is 10. The van der Waals surface area contributed by atoms with Gasteiger partial charge in [0.05, 0.1) is 43.0 Å². The second kappa shape index (κ2) is 14.4. The van der Waals surface area contributed by atoms with Crippen molar-refractivity contribution in [2.45, 2.75) is 37.8 Å². The van der Waals surface area contributed by atoms with E-state index in [0.29, 0.717) is 24.7 Å². The van der Waals surface area contributed by atoms with E-state index in [4.69, 9.17) is 5.11 Å². The molecule has 2 fully saturated rings. The molecule has 0 bridgehead atoms. The fourth-order valence-electron chi connectivity index (χ4n) is 5.63. The lowest BCUT2D eigenvalue weighted by atomic mass is 10.1. The van der Waals surface area contributed by atoms with E-state index in [1.807, 2.05) is 48.6 Å². The summed E-state index contributed by atoms with van der Waals surface area (Å²) in [7, 11) is 1.26. The highest BCUT2D eigenvalue weighted by atomic mass is 16.5. The molecule has 236 valence electrons. The van der Waals surface area contributed by atoms with Gasteiger partial charge in [0.25, 0.3) is 0 Å². The molecule has 1 aromatic carbocycles. The molecule has 4 amide bonds. The fourth-order valence-corrected chi connectivity index (χ4v) is 5.63. The van der Waals surface area contributed by atoms with Gasteiger partial charge in [0, 0.05) is 13.1 Å². The summed E-state index contributed by atoms with van der Waals surface area (Å²) in [6.07, 6.45) is 12.5. The van der Waals surface area contributed by atoms with Gasteiger partial charge in [-0.3, -0.25) is 9.59 Å². The van der Waals surface area contributed by atoms with Crippen molar-refractivity contribution >= 4 is 36.2 Å². The Bertz CT molecular complexity index is 1580. The zero-order chi connectivity index (χ0) is 31.8. The molecular weight excluding hydrogens is 580 g/mol. The van der Waals surface area contributed by atoms with Crippen LogP contribution in [0.15, 0.2) is 48.8 Å². The van der Waals surface area contributed by atoms with Crippen LogP contribution in [0.2, 0.25) is 0 Å². The number of H-pyrrole nitrogens is 2. The zero-order valence-corrected chi connectivity index (χ0v) is 24.9. The van der Waals surface area contributed by atoms with Crippen LogP contribution in [0.25, 0.3) is 23.4 Å². The van der Waals surface area contributed by atoms with Crippen LogP contribution in [0.4, 0.5) is 9.59 Å². The number of carboxylic acid groups (broad SMARTS) is 1. The lowest BCUT2D eigenvalue weighted by Gasteiger charge is -2.23. The van der Waals surface area contributed by atoms with Crippen molar-refractivity contribution in [1.29, 1.82) is 0 Å². The van der Waals surface area contributed by atoms with Crippen molar-refractivity contribution < 1.29 is 29.0 Å². The molecule has 0 aliphatic carbocycles. The number of hydrogen-bond donors (Lipinski definition) is 5. The number of allylic oxidation sites excluding steroid dienone is 2. The zero-order valence-electron chi connectivity index (χ0n) is 24.9. The van der Waals surface area contributed by atoms with Crippen molar-refractivity contribution in [1.82, 2.24) is 40.4 Å². The Balaban J connectivity index is 1.14. The summed E-state index contributed by atoms with van der Waals surface area (Å²) in [5.74, 6) is 0.945. The van der Waals surface area contributed by atoms with Gasteiger partial charge in [-0.15, -0.1) is 0 Å². The van der Waals surface area contributed by atoms with E-state index in [1.54, 1.807) is 22.2 Å². The Morgan fingerprint density at radius 3 is 2.13 bits per heavy atom. The number of nitrogens with one attached hydrogen (secondary N) is 4. The summed E-state index contributed by atoms with van der Waals surface area (Å²) in [6.45, 7) is 0.792. The quantitative estimate of drug-likeness (QED) is 0.214. The Morgan fingerprint density at radius 2 is 1.49 bits per heavy atom. The van der Waals surface area contributed by atoms with Crippen molar-refractivity contribution in [3.8, 4) is 11.3 Å². The van der Waals surface area contributed by atoms with Crippen molar-refractivity contribution in [3.05, 3.63) is 71.7 Å². The monoisotopic (exact) mass is 616 g/mol. The van der Waals surface area contributed by atoms with Crippen LogP contribution in [0.5, 0.6) is 0 Å². The van der Waals surface area contributed by atoms with Crippen molar-refractivity contribution in [2.75, 3.05) is 33.3 Å². The molecule has 2 atom stereocenters. The summed E-state index contributed by atoms with van der Waals surface area (Å²) in [5, 5.41) is 13.3. The Hall–Kier alpha value is -5.40. The Kier molecular flexibility index (Phi) is 9.92. The second-order valence-electron chi connectivity index (χ2n) is 10.7. The van der Waals surface area contributed by atoms with E-state index >= 15 is 0 Å². The van der Waals surface area contributed by atoms with Gasteiger partial charge >= 0.3 is 12.2 Å². The maximum Gasteiger partial charge on any atom is 0.407 e. The van der Waals surface area contributed by atoms with Gasteiger partial charge in [0.15, 0.2) is 0 Å². The number of hydrogen-bond acceptors (Lipinski definition) is 7. The molecule has 45 heavy (non-hydrogen) atoms. The van der Waals surface area contributed by atoms with Gasteiger partial charge in [-0.1, -0.05) is 42.5 Å². The van der Waals surface area contributed by atoms with E-state index < -0.39 is 12.2 Å². The first-order chi connectivity index (χ1) is 21.8. The van der Waals surface area contributed by atoms with Crippen LogP contribution in [0.3, 0.4) is 0 Å². The molecule has 3 aromatic rings. The molecule has 4 heterocycles. The summed E-state index contributed by atoms with van der Waals surface area (Å²) in [5.41, 5.74) is 3.62. The third kappa shape index (κ3) is 7.77. The lowest BCUT2D eigenvalue weighted by Crippen LogP contribution is -2.40. The minimum atomic E-state index is -1.23. The molecule has 5 rings (SSSR count). The highest BCUT2D eigenvalue weighted by Crippen LogP contribution is 2.32. The molecular formula is C31H36N8O6. The van der Waals surface area contributed by atoms with Gasteiger partial charge < -0.3 is 40.2 Å². The third-order valence-electron chi connectivity index (χ3n) is 7.85. The standard InChI is InChI=1S/C31H36N8O6/c1-45-31(44)35-19-27(41)39-15-5-9-25(39)29-33-17-23(37-29)21-12-10-20(11-13-21)6-2-3-7-22-16-32-28(36-22)24-8-4-14-38(24)26(40)18-34-30(42)43/h2-3,6-7,10-13,16-17,24-25,34H,4-5,8-9,14-15,18-19H2,1H3,(H,32,36)(H,33,37)(H,35,44)(H,42,43). The number of ether oxygens (including phenoxy) is 1. The maximum absolute atomic E-state index is 12.6. The topological polar surface area (TPSA) is 186 Å². The largest absolute Gasteiger partial charge is 0.465 e. The molecule has 0 radical (unpaired) electrons. The first-order valence-electron chi connectivity index (χ1n) is 14.7. The highest BCUT2D eigenvalue weighted by Gasteiger charge is 2.33. The van der Waals surface area contributed by atoms with Crippen molar-refractivity contribution in [2.24, 2.45) is 0 Å². The molecule has 2 saturated heterocycles. The number of carbonyl (C=O) groups excluding carboxylic acids is 3. The molecule has 14 heteroatoms. The van der Waals surface area contributed by atoms with Crippen LogP contribution >= 0.6 is 0 Å². The van der Waals surface area contributed by atoms with Crippen LogP contribution in [0, 0.1) is 0 Å². The van der Waals surface area contributed by atoms with Gasteiger partial charge in [-0.2, -0.15) is 0 Å². The summed E-state index contributed by atoms with van der Waals surface area (Å²) in [4.78, 5) is 66.2. The molecule has 0 spiro atoms. The third-order valence-corrected chi connectivity index (χ3v) is 7.85. The van der Waals surface area contributed by atoms with E-state index in [1.165, 1.54) is 7.11 Å². The molecule has 14 nitrogen and oxygen atoms in total. The summed E-state index contributed by atoms with van der Waals surface area (Å²) < 4.78 is 4.54. The second-order valence-corrected chi connectivity index (χ2v) is 10.7. The number of amides is 4. The van der Waals surface area contributed by atoms with E-state index in [0.717, 1.165) is 48.2 Å². The van der Waals surface area contributed by atoms with E-state index in [-0.39, 0.29) is 37.0 Å². The number of imidazole rings is 2. The fraction of sp³-hybridized carbons (Fsp3) is 0.355. The highest BCUT2D eigenvalue weighted by molar-refractivity contribution is 5.83. The Morgan fingerprint density at radius 1 is 0.889 bits per heavy atom. The molecule has 2 aromatic heterocycles. The number of aromatic nitrogens is 4. The smallest absolute Gasteiger partial charge is 0.407 e. The minimum absolute atomic E-state index is 0.124. The number of methoxy groups -OCH3 is 1. The van der Waals surface area contributed by atoms with Crippen molar-refractivity contribution in [3.63, 3.8) is 0 Å². The number of aromatic amines is 2. The molecule has 2 unspecified atom stereocenters. The Labute approximate surface area is 259 Å². The number of benzene rings is 1. The first-order valence-corrected chi connectivity index (χ1v) is 14.7. The molecule has 5 N–H and O–H groups in total. The van der Waals surface area contributed by atoms with Crippen LogP contribution in [-0.2, 0) is 14.3 Å². The maximum atomic E-state index is 12.6. The summed E-state index contributed by atoms with van der Waals surface area (Å²) in [6, 6.07) is 7.63. The minimum Gasteiger partial charge on any atom is -0.465 e. The predicted octanol–water partition coefficient (Wildman–Crippen LogP) is 3.48. The van der Waals surface area contributed by atoms with E-state index in [9.17, 15) is 19.2 Å². The predicted molar refractivity (Wildman–Crippen MR) is 164 cm³/mol. The first kappa shape index (κ1) is 31.0. The van der Waals surface area contributed by atoms with Gasteiger partial charge in [0.1, 0.15) is 24.7 Å². The number of likely N-dealkylation sites (tertiary alicyclic amines) is 2. The summed E-state index contributed by atoms with van der Waals surface area (Å²) >= 11 is 0. The van der Waals surface area contributed by atoms with E-state index in [2.05, 4.69) is 35.3 Å². The average Bonchev–Trinajstić information content (AvgIpc) is 3.87. The van der Waals surface area contributed by atoms with Gasteiger partial charge in [0.2, 0.25) is 11.8 Å².